The quantitative estimate of drug-likeness (QED) is 0.809. The fraction of sp³-hybridized carbons (Fsp3) is 0.529. The van der Waals surface area contributed by atoms with Crippen molar-refractivity contribution >= 4 is 27.3 Å². The molecule has 2 heterocycles. The van der Waals surface area contributed by atoms with Crippen LogP contribution < -0.4 is 5.01 Å². The summed E-state index contributed by atoms with van der Waals surface area (Å²) in [4.78, 5) is 14.3. The van der Waals surface area contributed by atoms with E-state index in [-0.39, 0.29) is 11.7 Å². The van der Waals surface area contributed by atoms with Gasteiger partial charge in [-0.15, -0.1) is 0 Å². The lowest BCUT2D eigenvalue weighted by Gasteiger charge is -2.33. The molecule has 0 aliphatic carbocycles. The molecule has 0 unspecified atom stereocenters. The van der Waals surface area contributed by atoms with Gasteiger partial charge in [-0.05, 0) is 38.1 Å². The summed E-state index contributed by atoms with van der Waals surface area (Å²) < 4.78 is 25.3. The van der Waals surface area contributed by atoms with Crippen molar-refractivity contribution in [3.8, 4) is 0 Å². The summed E-state index contributed by atoms with van der Waals surface area (Å²) in [5.74, 6) is 0.0436. The van der Waals surface area contributed by atoms with E-state index >= 15 is 0 Å². The largest absolute Gasteiger partial charge is 0.336 e. The summed E-state index contributed by atoms with van der Waals surface area (Å²) in [6.45, 7) is 6.10. The van der Waals surface area contributed by atoms with Gasteiger partial charge in [0.2, 0.25) is 10.0 Å². The molecule has 1 saturated heterocycles. The first-order chi connectivity index (χ1) is 11.9. The van der Waals surface area contributed by atoms with Crippen LogP contribution in [-0.4, -0.2) is 67.7 Å². The third-order valence-corrected chi connectivity index (χ3v) is 6.55. The van der Waals surface area contributed by atoms with Crippen molar-refractivity contribution in [3.63, 3.8) is 0 Å². The van der Waals surface area contributed by atoms with Crippen LogP contribution in [0.4, 0.5) is 5.69 Å². The topological polar surface area (TPSA) is 73.3 Å². The normalized spacial score (nSPS) is 19.2. The Morgan fingerprint density at radius 2 is 1.72 bits per heavy atom. The Bertz CT molecular complexity index is 766. The molecule has 1 fully saturated rings. The third kappa shape index (κ3) is 3.85. The van der Waals surface area contributed by atoms with Crippen LogP contribution in [0, 0.1) is 0 Å². The maximum atomic E-state index is 12.6. The molecule has 0 N–H and O–H groups in total. The number of hydrogen-bond acceptors (Lipinski definition) is 5. The highest BCUT2D eigenvalue weighted by Gasteiger charge is 2.28. The number of piperazine rings is 1. The molecule has 0 spiro atoms. The van der Waals surface area contributed by atoms with Gasteiger partial charge in [0.05, 0.1) is 11.4 Å². The smallest absolute Gasteiger partial charge is 0.253 e. The van der Waals surface area contributed by atoms with E-state index in [1.54, 1.807) is 11.8 Å². The molecule has 0 atom stereocenters. The maximum absolute atomic E-state index is 12.6. The van der Waals surface area contributed by atoms with Gasteiger partial charge in [-0.2, -0.15) is 9.41 Å². The fourth-order valence-corrected chi connectivity index (χ4v) is 4.16. The summed E-state index contributed by atoms with van der Waals surface area (Å²) in [5, 5.41) is 6.40. The third-order valence-electron chi connectivity index (χ3n) is 4.67. The van der Waals surface area contributed by atoms with Gasteiger partial charge in [0, 0.05) is 50.4 Å². The molecule has 0 aromatic heterocycles. The first kappa shape index (κ1) is 17.9. The summed E-state index contributed by atoms with van der Waals surface area (Å²) in [7, 11) is -3.18. The summed E-state index contributed by atoms with van der Waals surface area (Å²) in [6.07, 6.45) is 0.964. The molecular weight excluding hydrogens is 340 g/mol. The summed E-state index contributed by atoms with van der Waals surface area (Å²) in [5.41, 5.74) is 2.71. The lowest BCUT2D eigenvalue weighted by Crippen LogP contribution is -2.50. The van der Waals surface area contributed by atoms with Crippen molar-refractivity contribution in [2.75, 3.05) is 43.5 Å². The lowest BCUT2D eigenvalue weighted by atomic mass is 10.1. The van der Waals surface area contributed by atoms with Gasteiger partial charge in [-0.3, -0.25) is 9.80 Å². The number of carbonyl (C=O) groups excluding carboxylic acids is 1. The van der Waals surface area contributed by atoms with E-state index in [9.17, 15) is 13.2 Å². The highest BCUT2D eigenvalue weighted by Crippen LogP contribution is 2.21. The first-order valence-corrected chi connectivity index (χ1v) is 10.2. The number of hydrazone groups is 1. The van der Waals surface area contributed by atoms with Crippen LogP contribution in [0.1, 0.15) is 30.6 Å². The Morgan fingerprint density at radius 3 is 2.24 bits per heavy atom. The molecule has 0 radical (unpaired) electrons. The monoisotopic (exact) mass is 364 g/mol. The standard InChI is InChI=1S/C17H24N4O3S/c1-3-25(23,24)20-12-10-19(11-13-20)17(22)15-4-6-16(7-5-15)21-9-8-14(2)18-21/h4-7H,3,8-13H2,1-2H3. The molecule has 1 aromatic rings. The van der Waals surface area contributed by atoms with E-state index in [2.05, 4.69) is 5.10 Å². The average molecular weight is 364 g/mol. The van der Waals surface area contributed by atoms with Gasteiger partial charge >= 0.3 is 0 Å². The van der Waals surface area contributed by atoms with Gasteiger partial charge in [0.1, 0.15) is 0 Å². The van der Waals surface area contributed by atoms with Gasteiger partial charge in [-0.25, -0.2) is 8.42 Å². The van der Waals surface area contributed by atoms with Crippen LogP contribution in [0.15, 0.2) is 29.4 Å². The minimum Gasteiger partial charge on any atom is -0.336 e. The van der Waals surface area contributed by atoms with Crippen LogP contribution in [0.2, 0.25) is 0 Å². The van der Waals surface area contributed by atoms with Crippen LogP contribution in [0.5, 0.6) is 0 Å². The van der Waals surface area contributed by atoms with Crippen molar-refractivity contribution < 1.29 is 13.2 Å². The van der Waals surface area contributed by atoms with E-state index in [1.807, 2.05) is 36.2 Å². The highest BCUT2D eigenvalue weighted by atomic mass is 32.2. The number of carbonyl (C=O) groups is 1. The van der Waals surface area contributed by atoms with Gasteiger partial charge < -0.3 is 4.90 Å². The number of nitrogens with zero attached hydrogens (tertiary/aromatic N) is 4. The van der Waals surface area contributed by atoms with E-state index in [0.717, 1.165) is 24.4 Å². The highest BCUT2D eigenvalue weighted by molar-refractivity contribution is 7.89. The molecule has 0 bridgehead atoms. The second kappa shape index (κ2) is 7.13. The van der Waals surface area contributed by atoms with Crippen molar-refractivity contribution in [1.29, 1.82) is 0 Å². The second-order valence-electron chi connectivity index (χ2n) is 6.35. The van der Waals surface area contributed by atoms with Crippen molar-refractivity contribution in [2.45, 2.75) is 20.3 Å². The minimum absolute atomic E-state index is 0.0544. The number of amides is 1. The molecule has 1 amide bonds. The van der Waals surface area contributed by atoms with Gasteiger partial charge in [-0.1, -0.05) is 0 Å². The molecule has 136 valence electrons. The van der Waals surface area contributed by atoms with Crippen LogP contribution in [0.3, 0.4) is 0 Å². The van der Waals surface area contributed by atoms with Crippen LogP contribution in [-0.2, 0) is 10.0 Å². The summed E-state index contributed by atoms with van der Waals surface area (Å²) in [6, 6.07) is 7.45. The molecule has 0 saturated carbocycles. The number of benzene rings is 1. The fourth-order valence-electron chi connectivity index (χ4n) is 3.07. The number of rotatable bonds is 4. The first-order valence-electron chi connectivity index (χ1n) is 8.59. The lowest BCUT2D eigenvalue weighted by molar-refractivity contribution is 0.0698. The SMILES string of the molecule is CCS(=O)(=O)N1CCN(C(=O)c2ccc(N3CCC(C)=N3)cc2)CC1. The van der Waals surface area contributed by atoms with E-state index in [0.29, 0.717) is 31.7 Å². The molecule has 3 rings (SSSR count). The predicted molar refractivity (Wildman–Crippen MR) is 98.5 cm³/mol. The molecule has 1 aromatic carbocycles. The molecule has 8 heteroatoms. The molecule has 7 nitrogen and oxygen atoms in total. The Kier molecular flexibility index (Phi) is 5.10. The molecular formula is C17H24N4O3S. The number of anilines is 1. The minimum atomic E-state index is -3.18. The average Bonchev–Trinajstić information content (AvgIpc) is 3.08. The van der Waals surface area contributed by atoms with Crippen molar-refractivity contribution in [3.05, 3.63) is 29.8 Å². The van der Waals surface area contributed by atoms with Gasteiger partial charge in [0.25, 0.3) is 5.91 Å². The Hall–Kier alpha value is -1.93. The molecule has 25 heavy (non-hydrogen) atoms. The summed E-state index contributed by atoms with van der Waals surface area (Å²) >= 11 is 0. The number of sulfonamides is 1. The van der Waals surface area contributed by atoms with Gasteiger partial charge in [0.15, 0.2) is 0 Å². The van der Waals surface area contributed by atoms with E-state index in [1.165, 1.54) is 4.31 Å². The van der Waals surface area contributed by atoms with Crippen molar-refractivity contribution in [1.82, 2.24) is 9.21 Å². The van der Waals surface area contributed by atoms with Crippen LogP contribution in [0.25, 0.3) is 0 Å². The maximum Gasteiger partial charge on any atom is 0.253 e. The zero-order valence-electron chi connectivity index (χ0n) is 14.7. The Labute approximate surface area is 149 Å². The zero-order chi connectivity index (χ0) is 18.0. The molecule has 2 aliphatic heterocycles. The van der Waals surface area contributed by atoms with Crippen LogP contribution >= 0.6 is 0 Å². The predicted octanol–water partition coefficient (Wildman–Crippen LogP) is 1.38. The van der Waals surface area contributed by atoms with E-state index in [4.69, 9.17) is 0 Å². The van der Waals surface area contributed by atoms with E-state index < -0.39 is 10.0 Å². The Morgan fingerprint density at radius 1 is 1.08 bits per heavy atom. The number of hydrogen-bond donors (Lipinski definition) is 0. The Balaban J connectivity index is 1.62. The molecule has 2 aliphatic rings. The van der Waals surface area contributed by atoms with Crippen molar-refractivity contribution in [2.24, 2.45) is 5.10 Å². The second-order valence-corrected chi connectivity index (χ2v) is 8.60. The zero-order valence-corrected chi connectivity index (χ0v) is 15.5.